The van der Waals surface area contributed by atoms with Gasteiger partial charge in [0.05, 0.1) is 6.54 Å². The molecule has 1 aromatic rings. The molecule has 1 rings (SSSR count). The number of nitrogens with zero attached hydrogens (tertiary/aromatic N) is 1. The third-order valence-corrected chi connectivity index (χ3v) is 3.10. The number of carbonyl (C=O) groups is 1. The third-order valence-electron chi connectivity index (χ3n) is 3.10. The fraction of sp³-hybridized carbons (Fsp3) is 0.562. The molecule has 0 aliphatic rings. The van der Waals surface area contributed by atoms with Gasteiger partial charge in [-0.3, -0.25) is 4.79 Å². The Kier molecular flexibility index (Phi) is 6.52. The van der Waals surface area contributed by atoms with Gasteiger partial charge in [-0.25, -0.2) is 0 Å². The fourth-order valence-corrected chi connectivity index (χ4v) is 2.10. The summed E-state index contributed by atoms with van der Waals surface area (Å²) in [5.74, 6) is 0.0540. The summed E-state index contributed by atoms with van der Waals surface area (Å²) in [5.41, 5.74) is 3.57. The number of hydrogen-bond acceptors (Lipinski definition) is 3. The Morgan fingerprint density at radius 1 is 1.35 bits per heavy atom. The summed E-state index contributed by atoms with van der Waals surface area (Å²) < 4.78 is 0. The van der Waals surface area contributed by atoms with Crippen LogP contribution in [0.5, 0.6) is 0 Å². The van der Waals surface area contributed by atoms with E-state index in [-0.39, 0.29) is 5.91 Å². The number of hydrogen-bond donors (Lipinski definition) is 2. The van der Waals surface area contributed by atoms with E-state index in [1.807, 2.05) is 18.9 Å². The van der Waals surface area contributed by atoms with E-state index in [4.69, 9.17) is 0 Å². The predicted octanol–water partition coefficient (Wildman–Crippen LogP) is 2.07. The standard InChI is InChI=1S/C16H27N3O/c1-6-17-16(20)11-19(5)15-8-7-13(4)9-14(15)10-18-12(2)3/h7-9,12,18H,6,10-11H2,1-5H3,(H,17,20). The van der Waals surface area contributed by atoms with Gasteiger partial charge in [-0.1, -0.05) is 31.5 Å². The number of anilines is 1. The summed E-state index contributed by atoms with van der Waals surface area (Å²) in [7, 11) is 1.96. The number of nitrogens with one attached hydrogen (secondary N) is 2. The molecule has 0 aliphatic carbocycles. The van der Waals surface area contributed by atoms with Gasteiger partial charge in [0, 0.05) is 31.9 Å². The predicted molar refractivity (Wildman–Crippen MR) is 85.1 cm³/mol. The molecule has 112 valence electrons. The van der Waals surface area contributed by atoms with E-state index in [9.17, 15) is 4.79 Å². The second-order valence-corrected chi connectivity index (χ2v) is 5.48. The lowest BCUT2D eigenvalue weighted by Crippen LogP contribution is -2.35. The lowest BCUT2D eigenvalue weighted by molar-refractivity contribution is -0.119. The highest BCUT2D eigenvalue weighted by molar-refractivity contribution is 5.81. The van der Waals surface area contributed by atoms with Crippen LogP contribution >= 0.6 is 0 Å². The Morgan fingerprint density at radius 2 is 2.05 bits per heavy atom. The Bertz CT molecular complexity index is 443. The van der Waals surface area contributed by atoms with E-state index in [0.29, 0.717) is 19.1 Å². The summed E-state index contributed by atoms with van der Waals surface area (Å²) in [5, 5.41) is 6.27. The van der Waals surface area contributed by atoms with Crippen LogP contribution in [-0.2, 0) is 11.3 Å². The minimum Gasteiger partial charge on any atom is -0.365 e. The average Bonchev–Trinajstić information content (AvgIpc) is 2.36. The Labute approximate surface area is 122 Å². The van der Waals surface area contributed by atoms with Crippen LogP contribution in [0, 0.1) is 6.92 Å². The zero-order valence-corrected chi connectivity index (χ0v) is 13.3. The Morgan fingerprint density at radius 3 is 2.65 bits per heavy atom. The van der Waals surface area contributed by atoms with E-state index in [2.05, 4.69) is 49.6 Å². The zero-order chi connectivity index (χ0) is 15.1. The molecule has 0 saturated heterocycles. The van der Waals surface area contributed by atoms with Gasteiger partial charge in [0.1, 0.15) is 0 Å². The van der Waals surface area contributed by atoms with Crippen LogP contribution < -0.4 is 15.5 Å². The molecule has 0 heterocycles. The first-order valence-electron chi connectivity index (χ1n) is 7.24. The molecule has 0 radical (unpaired) electrons. The van der Waals surface area contributed by atoms with Crippen LogP contribution in [0.4, 0.5) is 5.69 Å². The zero-order valence-electron chi connectivity index (χ0n) is 13.3. The SMILES string of the molecule is CCNC(=O)CN(C)c1ccc(C)cc1CNC(C)C. The number of carbonyl (C=O) groups excluding carboxylic acids is 1. The van der Waals surface area contributed by atoms with Gasteiger partial charge < -0.3 is 15.5 Å². The first-order valence-corrected chi connectivity index (χ1v) is 7.24. The van der Waals surface area contributed by atoms with Crippen molar-refractivity contribution in [3.05, 3.63) is 29.3 Å². The highest BCUT2D eigenvalue weighted by atomic mass is 16.2. The van der Waals surface area contributed by atoms with Crippen LogP contribution in [0.25, 0.3) is 0 Å². The van der Waals surface area contributed by atoms with Gasteiger partial charge in [0.25, 0.3) is 0 Å². The summed E-state index contributed by atoms with van der Waals surface area (Å²) in [6.07, 6.45) is 0. The molecule has 0 aromatic heterocycles. The summed E-state index contributed by atoms with van der Waals surface area (Å²) in [6, 6.07) is 6.80. The Hall–Kier alpha value is -1.55. The summed E-state index contributed by atoms with van der Waals surface area (Å²) in [4.78, 5) is 13.7. The van der Waals surface area contributed by atoms with E-state index in [0.717, 1.165) is 12.2 Å². The largest absolute Gasteiger partial charge is 0.365 e. The van der Waals surface area contributed by atoms with E-state index in [1.165, 1.54) is 11.1 Å². The van der Waals surface area contributed by atoms with Crippen molar-refractivity contribution < 1.29 is 4.79 Å². The van der Waals surface area contributed by atoms with Crippen molar-refractivity contribution in [2.75, 3.05) is 25.0 Å². The topological polar surface area (TPSA) is 44.4 Å². The second-order valence-electron chi connectivity index (χ2n) is 5.48. The first-order chi connectivity index (χ1) is 9.43. The van der Waals surface area contributed by atoms with Crippen LogP contribution in [0.2, 0.25) is 0 Å². The molecule has 0 unspecified atom stereocenters. The van der Waals surface area contributed by atoms with Crippen molar-refractivity contribution in [2.45, 2.75) is 40.3 Å². The first kappa shape index (κ1) is 16.5. The maximum absolute atomic E-state index is 11.7. The summed E-state index contributed by atoms with van der Waals surface area (Å²) >= 11 is 0. The van der Waals surface area contributed by atoms with Gasteiger partial charge in [0.15, 0.2) is 0 Å². The van der Waals surface area contributed by atoms with Crippen molar-refractivity contribution in [3.8, 4) is 0 Å². The van der Waals surface area contributed by atoms with Gasteiger partial charge in [-0.15, -0.1) is 0 Å². The van der Waals surface area contributed by atoms with Crippen LogP contribution in [0.3, 0.4) is 0 Å². The molecule has 20 heavy (non-hydrogen) atoms. The van der Waals surface area contributed by atoms with Crippen molar-refractivity contribution in [2.24, 2.45) is 0 Å². The fourth-order valence-electron chi connectivity index (χ4n) is 2.10. The maximum Gasteiger partial charge on any atom is 0.239 e. The van der Waals surface area contributed by atoms with Crippen LogP contribution in [0.15, 0.2) is 18.2 Å². The molecule has 0 saturated carbocycles. The molecule has 0 aliphatic heterocycles. The van der Waals surface area contributed by atoms with Crippen molar-refractivity contribution in [1.29, 1.82) is 0 Å². The highest BCUT2D eigenvalue weighted by Crippen LogP contribution is 2.21. The van der Waals surface area contributed by atoms with Gasteiger partial charge in [-0.2, -0.15) is 0 Å². The van der Waals surface area contributed by atoms with E-state index < -0.39 is 0 Å². The molecule has 0 atom stereocenters. The molecule has 0 bridgehead atoms. The minimum absolute atomic E-state index is 0.0540. The van der Waals surface area contributed by atoms with Crippen LogP contribution in [0.1, 0.15) is 31.9 Å². The van der Waals surface area contributed by atoms with Crippen molar-refractivity contribution in [1.82, 2.24) is 10.6 Å². The number of amides is 1. The molecule has 4 nitrogen and oxygen atoms in total. The van der Waals surface area contributed by atoms with Gasteiger partial charge >= 0.3 is 0 Å². The number of likely N-dealkylation sites (N-methyl/N-ethyl adjacent to an activating group) is 2. The molecular formula is C16H27N3O. The van der Waals surface area contributed by atoms with Gasteiger partial charge in [-0.05, 0) is 25.5 Å². The molecule has 4 heteroatoms. The quantitative estimate of drug-likeness (QED) is 0.802. The normalized spacial score (nSPS) is 10.7. The van der Waals surface area contributed by atoms with Crippen molar-refractivity contribution in [3.63, 3.8) is 0 Å². The summed E-state index contributed by atoms with van der Waals surface area (Å²) in [6.45, 7) is 10.2. The molecule has 1 aromatic carbocycles. The smallest absolute Gasteiger partial charge is 0.239 e. The van der Waals surface area contributed by atoms with Gasteiger partial charge in [0.2, 0.25) is 5.91 Å². The average molecular weight is 277 g/mol. The molecular weight excluding hydrogens is 250 g/mol. The minimum atomic E-state index is 0.0540. The molecule has 2 N–H and O–H groups in total. The van der Waals surface area contributed by atoms with Crippen LogP contribution in [-0.4, -0.2) is 32.1 Å². The Balaban J connectivity index is 2.83. The van der Waals surface area contributed by atoms with E-state index in [1.54, 1.807) is 0 Å². The lowest BCUT2D eigenvalue weighted by Gasteiger charge is -2.23. The number of aryl methyl sites for hydroxylation is 1. The van der Waals surface area contributed by atoms with E-state index >= 15 is 0 Å². The molecule has 0 fully saturated rings. The lowest BCUT2D eigenvalue weighted by atomic mass is 10.1. The number of benzene rings is 1. The monoisotopic (exact) mass is 277 g/mol. The molecule has 1 amide bonds. The maximum atomic E-state index is 11.7. The molecule has 0 spiro atoms. The third kappa shape index (κ3) is 5.21. The van der Waals surface area contributed by atoms with Crippen molar-refractivity contribution >= 4 is 11.6 Å². The second kappa shape index (κ2) is 7.90. The number of rotatable bonds is 7. The highest BCUT2D eigenvalue weighted by Gasteiger charge is 2.11.